The zero-order valence-electron chi connectivity index (χ0n) is 5.63. The molecule has 2 nitrogen and oxygen atoms in total. The molecule has 10 heavy (non-hydrogen) atoms. The standard InChI is InChI=1S/C7H10IN2/c8-7-2-1-4-10(6-7)5-3-9/h1-2,4,6H,3,5,9H2/q+1. The van der Waals surface area contributed by atoms with Crippen LogP contribution in [0.3, 0.4) is 0 Å². The van der Waals surface area contributed by atoms with E-state index in [0.717, 1.165) is 6.54 Å². The van der Waals surface area contributed by atoms with E-state index < -0.39 is 0 Å². The summed E-state index contributed by atoms with van der Waals surface area (Å²) >= 11 is 2.28. The average Bonchev–Trinajstić information content (AvgIpc) is 1.88. The fourth-order valence-corrected chi connectivity index (χ4v) is 1.34. The SMILES string of the molecule is NCC[n+]1cccc(I)c1. The molecular formula is C7H10IN2+. The predicted molar refractivity (Wildman–Crippen MR) is 48.4 cm³/mol. The predicted octanol–water partition coefficient (Wildman–Crippen LogP) is 0.537. The molecule has 1 heterocycles. The summed E-state index contributed by atoms with van der Waals surface area (Å²) in [6.45, 7) is 1.60. The number of halogens is 1. The number of aromatic nitrogens is 1. The molecule has 2 N–H and O–H groups in total. The minimum Gasteiger partial charge on any atom is -0.325 e. The lowest BCUT2D eigenvalue weighted by Gasteiger charge is -1.92. The molecule has 0 aliphatic heterocycles. The van der Waals surface area contributed by atoms with Crippen LogP contribution in [0.4, 0.5) is 0 Å². The number of nitrogens with zero attached hydrogens (tertiary/aromatic N) is 1. The summed E-state index contributed by atoms with van der Waals surface area (Å²) in [5.74, 6) is 0. The van der Waals surface area contributed by atoms with Gasteiger partial charge in [0.25, 0.3) is 0 Å². The number of nitrogens with two attached hydrogens (primary N) is 1. The summed E-state index contributed by atoms with van der Waals surface area (Å²) in [5, 5.41) is 0. The smallest absolute Gasteiger partial charge is 0.182 e. The Morgan fingerprint density at radius 3 is 3.00 bits per heavy atom. The topological polar surface area (TPSA) is 29.9 Å². The van der Waals surface area contributed by atoms with Gasteiger partial charge in [-0.1, -0.05) is 0 Å². The van der Waals surface area contributed by atoms with Gasteiger partial charge in [-0.3, -0.25) is 0 Å². The first kappa shape index (κ1) is 7.94. The van der Waals surface area contributed by atoms with Gasteiger partial charge in [0.15, 0.2) is 18.9 Å². The number of hydrogen-bond donors (Lipinski definition) is 1. The van der Waals surface area contributed by atoms with Crippen molar-refractivity contribution in [2.24, 2.45) is 5.73 Å². The molecule has 0 aliphatic rings. The van der Waals surface area contributed by atoms with Crippen molar-refractivity contribution in [1.29, 1.82) is 0 Å². The van der Waals surface area contributed by atoms with Crippen LogP contribution in [0.5, 0.6) is 0 Å². The maximum atomic E-state index is 5.39. The zero-order valence-corrected chi connectivity index (χ0v) is 7.78. The van der Waals surface area contributed by atoms with Gasteiger partial charge in [-0.2, -0.15) is 0 Å². The Hall–Kier alpha value is -0.160. The monoisotopic (exact) mass is 249 g/mol. The van der Waals surface area contributed by atoms with Crippen LogP contribution in [0, 0.1) is 3.57 Å². The summed E-state index contributed by atoms with van der Waals surface area (Å²) < 4.78 is 3.33. The molecular weight excluding hydrogens is 239 g/mol. The highest BCUT2D eigenvalue weighted by Crippen LogP contribution is 1.96. The Labute approximate surface area is 74.2 Å². The van der Waals surface area contributed by atoms with Crippen molar-refractivity contribution >= 4 is 22.6 Å². The molecule has 1 rings (SSSR count). The second-order valence-corrected chi connectivity index (χ2v) is 3.29. The summed E-state index contributed by atoms with van der Waals surface area (Å²) in [6, 6.07) is 4.09. The molecule has 0 saturated carbocycles. The van der Waals surface area contributed by atoms with Gasteiger partial charge in [0.2, 0.25) is 0 Å². The third-order valence-corrected chi connectivity index (χ3v) is 1.85. The largest absolute Gasteiger partial charge is 0.325 e. The molecule has 1 aromatic heterocycles. The number of rotatable bonds is 2. The van der Waals surface area contributed by atoms with Crippen molar-refractivity contribution in [3.05, 3.63) is 28.1 Å². The maximum absolute atomic E-state index is 5.39. The van der Waals surface area contributed by atoms with Gasteiger partial charge in [-0.15, -0.1) is 0 Å². The average molecular weight is 249 g/mol. The van der Waals surface area contributed by atoms with E-state index in [2.05, 4.69) is 39.4 Å². The molecule has 54 valence electrons. The van der Waals surface area contributed by atoms with Crippen LogP contribution in [-0.4, -0.2) is 6.54 Å². The first-order valence-corrected chi connectivity index (χ1v) is 4.25. The van der Waals surface area contributed by atoms with Crippen LogP contribution in [-0.2, 0) is 6.54 Å². The van der Waals surface area contributed by atoms with Gasteiger partial charge in [-0.25, -0.2) is 4.57 Å². The third-order valence-electron chi connectivity index (χ3n) is 1.21. The van der Waals surface area contributed by atoms with Crippen LogP contribution in [0.25, 0.3) is 0 Å². The van der Waals surface area contributed by atoms with Gasteiger partial charge in [-0.05, 0) is 28.7 Å². The Bertz CT molecular complexity index is 213. The minimum atomic E-state index is 0.699. The highest BCUT2D eigenvalue weighted by atomic mass is 127. The fraction of sp³-hybridized carbons (Fsp3) is 0.286. The Morgan fingerprint density at radius 2 is 2.40 bits per heavy atom. The van der Waals surface area contributed by atoms with E-state index >= 15 is 0 Å². The van der Waals surface area contributed by atoms with Crippen LogP contribution >= 0.6 is 22.6 Å². The first-order chi connectivity index (χ1) is 4.83. The molecule has 0 aromatic carbocycles. The van der Waals surface area contributed by atoms with Crippen LogP contribution < -0.4 is 10.3 Å². The Balaban J connectivity index is 2.75. The van der Waals surface area contributed by atoms with E-state index in [1.165, 1.54) is 3.57 Å². The lowest BCUT2D eigenvalue weighted by molar-refractivity contribution is -0.695. The van der Waals surface area contributed by atoms with Crippen molar-refractivity contribution in [3.63, 3.8) is 0 Å². The fourth-order valence-electron chi connectivity index (χ4n) is 0.778. The van der Waals surface area contributed by atoms with Gasteiger partial charge >= 0.3 is 0 Å². The second kappa shape index (κ2) is 3.88. The molecule has 0 unspecified atom stereocenters. The molecule has 0 spiro atoms. The lowest BCUT2D eigenvalue weighted by atomic mass is 10.5. The molecule has 0 amide bonds. The van der Waals surface area contributed by atoms with Crippen LogP contribution in [0.15, 0.2) is 24.5 Å². The van der Waals surface area contributed by atoms with Gasteiger partial charge in [0.1, 0.15) is 0 Å². The molecule has 0 saturated heterocycles. The van der Waals surface area contributed by atoms with E-state index in [0.29, 0.717) is 6.54 Å². The van der Waals surface area contributed by atoms with Crippen molar-refractivity contribution in [3.8, 4) is 0 Å². The van der Waals surface area contributed by atoms with Crippen molar-refractivity contribution in [2.45, 2.75) is 6.54 Å². The highest BCUT2D eigenvalue weighted by molar-refractivity contribution is 14.1. The van der Waals surface area contributed by atoms with Crippen molar-refractivity contribution in [2.75, 3.05) is 6.54 Å². The van der Waals surface area contributed by atoms with Gasteiger partial charge < -0.3 is 5.73 Å². The second-order valence-electron chi connectivity index (χ2n) is 2.05. The van der Waals surface area contributed by atoms with E-state index in [1.807, 2.05) is 12.3 Å². The van der Waals surface area contributed by atoms with Gasteiger partial charge in [0.05, 0.1) is 10.1 Å². The van der Waals surface area contributed by atoms with Crippen LogP contribution in [0.1, 0.15) is 0 Å². The molecule has 0 bridgehead atoms. The third kappa shape index (κ3) is 2.22. The first-order valence-electron chi connectivity index (χ1n) is 3.17. The highest BCUT2D eigenvalue weighted by Gasteiger charge is 1.96. The summed E-state index contributed by atoms with van der Waals surface area (Å²) in [4.78, 5) is 0. The molecule has 0 radical (unpaired) electrons. The number of pyridine rings is 1. The molecule has 3 heteroatoms. The molecule has 0 fully saturated rings. The van der Waals surface area contributed by atoms with E-state index in [-0.39, 0.29) is 0 Å². The Morgan fingerprint density at radius 1 is 1.60 bits per heavy atom. The molecule has 0 aliphatic carbocycles. The van der Waals surface area contributed by atoms with E-state index in [4.69, 9.17) is 5.73 Å². The summed E-state index contributed by atoms with van der Waals surface area (Å²) in [5.41, 5.74) is 5.39. The molecule has 0 atom stereocenters. The minimum absolute atomic E-state index is 0.699. The normalized spacial score (nSPS) is 9.80. The summed E-state index contributed by atoms with van der Waals surface area (Å²) in [6.07, 6.45) is 4.10. The lowest BCUT2D eigenvalue weighted by Crippen LogP contribution is -2.36. The van der Waals surface area contributed by atoms with Gasteiger partial charge in [0, 0.05) is 6.07 Å². The quantitative estimate of drug-likeness (QED) is 0.601. The van der Waals surface area contributed by atoms with Crippen molar-refractivity contribution in [1.82, 2.24) is 0 Å². The summed E-state index contributed by atoms with van der Waals surface area (Å²) in [7, 11) is 0. The molecule has 1 aromatic rings. The maximum Gasteiger partial charge on any atom is 0.182 e. The van der Waals surface area contributed by atoms with E-state index in [1.54, 1.807) is 0 Å². The van der Waals surface area contributed by atoms with Crippen LogP contribution in [0.2, 0.25) is 0 Å². The van der Waals surface area contributed by atoms with Crippen molar-refractivity contribution < 1.29 is 4.57 Å². The van der Waals surface area contributed by atoms with E-state index in [9.17, 15) is 0 Å². The zero-order chi connectivity index (χ0) is 7.40. The number of hydrogen-bond acceptors (Lipinski definition) is 1. The Kier molecular flexibility index (Phi) is 3.08.